The van der Waals surface area contributed by atoms with Crippen LogP contribution in [0.4, 0.5) is 0 Å². The van der Waals surface area contributed by atoms with Crippen LogP contribution in [-0.2, 0) is 4.74 Å². The van der Waals surface area contributed by atoms with Gasteiger partial charge in [0.05, 0.1) is 0 Å². The van der Waals surface area contributed by atoms with E-state index in [0.29, 0.717) is 0 Å². The molecule has 0 aliphatic rings. The number of halogens is 1. The van der Waals surface area contributed by atoms with Crippen molar-refractivity contribution < 1.29 is 4.74 Å². The zero-order chi connectivity index (χ0) is 8.04. The summed E-state index contributed by atoms with van der Waals surface area (Å²) in [6, 6.07) is 0. The molecule has 0 radical (unpaired) electrons. The normalized spacial score (nSPS) is 16.8. The molecule has 0 spiro atoms. The molecule has 0 aromatic rings. The summed E-state index contributed by atoms with van der Waals surface area (Å²) in [5.41, 5.74) is 0. The van der Waals surface area contributed by atoms with E-state index in [0.717, 1.165) is 6.42 Å². The Bertz CT molecular complexity index is 81.3. The van der Waals surface area contributed by atoms with Gasteiger partial charge in [-0.15, -0.1) is 0 Å². The summed E-state index contributed by atoms with van der Waals surface area (Å²) < 4.78 is 5.11. The van der Waals surface area contributed by atoms with Crippen LogP contribution in [-0.4, -0.2) is 11.6 Å². The van der Waals surface area contributed by atoms with E-state index in [-0.39, 0.29) is 4.51 Å². The quantitative estimate of drug-likeness (QED) is 0.498. The Morgan fingerprint density at radius 2 is 2.00 bits per heavy atom. The molecule has 0 amide bonds. The highest BCUT2D eigenvalue weighted by Crippen LogP contribution is 2.24. The zero-order valence-corrected chi connectivity index (χ0v) is 8.70. The van der Waals surface area contributed by atoms with Crippen molar-refractivity contribution in [1.29, 1.82) is 0 Å². The van der Waals surface area contributed by atoms with Gasteiger partial charge in [-0.1, -0.05) is 35.7 Å². The monoisotopic (exact) mass is 208 g/mol. The average molecular weight is 209 g/mol. The highest BCUT2D eigenvalue weighted by atomic mass is 79.9. The molecule has 1 atom stereocenters. The first-order valence-corrected chi connectivity index (χ1v) is 4.66. The van der Waals surface area contributed by atoms with Gasteiger partial charge in [-0.05, 0) is 19.8 Å². The lowest BCUT2D eigenvalue weighted by molar-refractivity contribution is 0.0839. The Kier molecular flexibility index (Phi) is 5.36. The molecule has 0 N–H and O–H groups in total. The zero-order valence-electron chi connectivity index (χ0n) is 7.11. The molecule has 1 unspecified atom stereocenters. The van der Waals surface area contributed by atoms with E-state index in [1.807, 2.05) is 0 Å². The third kappa shape index (κ3) is 5.24. The van der Waals surface area contributed by atoms with Gasteiger partial charge in [-0.2, -0.15) is 0 Å². The second-order valence-electron chi connectivity index (χ2n) is 2.76. The van der Waals surface area contributed by atoms with E-state index in [4.69, 9.17) is 4.74 Å². The molecule has 62 valence electrons. The topological polar surface area (TPSA) is 9.23 Å². The summed E-state index contributed by atoms with van der Waals surface area (Å²) in [7, 11) is 1.74. The maximum absolute atomic E-state index is 5.20. The summed E-state index contributed by atoms with van der Waals surface area (Å²) in [5, 5.41) is 0. The largest absolute Gasteiger partial charge is 0.367 e. The molecule has 0 aromatic heterocycles. The third-order valence-electron chi connectivity index (χ3n) is 1.65. The Hall–Kier alpha value is 0.440. The van der Waals surface area contributed by atoms with Crippen LogP contribution in [0.25, 0.3) is 0 Å². The number of unbranched alkanes of at least 4 members (excludes halogenated alkanes) is 2. The molecule has 0 bridgehead atoms. The SMILES string of the molecule is CCCCCC(C)(Br)OC. The number of hydrogen-bond donors (Lipinski definition) is 0. The Labute approximate surface area is 72.3 Å². The summed E-state index contributed by atoms with van der Waals surface area (Å²) in [5.74, 6) is 0. The van der Waals surface area contributed by atoms with Crippen LogP contribution in [0.2, 0.25) is 0 Å². The molecule has 0 fully saturated rings. The standard InChI is InChI=1S/C8H17BrO/c1-4-5-6-7-8(2,9)10-3/h4-7H2,1-3H3. The molecule has 10 heavy (non-hydrogen) atoms. The summed E-state index contributed by atoms with van der Waals surface area (Å²) in [4.78, 5) is 0. The minimum atomic E-state index is -0.0951. The highest BCUT2D eigenvalue weighted by molar-refractivity contribution is 9.10. The van der Waals surface area contributed by atoms with Crippen LogP contribution < -0.4 is 0 Å². The van der Waals surface area contributed by atoms with Crippen molar-refractivity contribution in [3.63, 3.8) is 0 Å². The molecular weight excluding hydrogens is 192 g/mol. The fraction of sp³-hybridized carbons (Fsp3) is 1.00. The molecule has 0 rings (SSSR count). The van der Waals surface area contributed by atoms with Crippen LogP contribution >= 0.6 is 15.9 Å². The second kappa shape index (κ2) is 5.14. The first-order chi connectivity index (χ1) is 4.62. The van der Waals surface area contributed by atoms with E-state index < -0.39 is 0 Å². The van der Waals surface area contributed by atoms with Gasteiger partial charge in [0, 0.05) is 7.11 Å². The lowest BCUT2D eigenvalue weighted by Gasteiger charge is -2.19. The molecule has 0 aromatic carbocycles. The average Bonchev–Trinajstić information content (AvgIpc) is 1.89. The predicted molar refractivity (Wildman–Crippen MR) is 48.5 cm³/mol. The first-order valence-electron chi connectivity index (χ1n) is 3.86. The molecule has 0 heterocycles. The Balaban J connectivity index is 3.28. The van der Waals surface area contributed by atoms with Gasteiger partial charge < -0.3 is 4.74 Å². The summed E-state index contributed by atoms with van der Waals surface area (Å²) in [6.07, 6.45) is 4.90. The number of hydrogen-bond acceptors (Lipinski definition) is 1. The third-order valence-corrected chi connectivity index (χ3v) is 2.37. The fourth-order valence-electron chi connectivity index (χ4n) is 0.793. The highest BCUT2D eigenvalue weighted by Gasteiger charge is 2.16. The van der Waals surface area contributed by atoms with E-state index in [1.54, 1.807) is 7.11 Å². The lowest BCUT2D eigenvalue weighted by atomic mass is 10.1. The van der Waals surface area contributed by atoms with Gasteiger partial charge >= 0.3 is 0 Å². The number of rotatable bonds is 5. The minimum absolute atomic E-state index is 0.0951. The molecule has 1 nitrogen and oxygen atoms in total. The number of ether oxygens (including phenoxy) is 1. The molecule has 0 aliphatic carbocycles. The number of methoxy groups -OCH3 is 1. The van der Waals surface area contributed by atoms with Crippen LogP contribution in [0.3, 0.4) is 0 Å². The van der Waals surface area contributed by atoms with Crippen LogP contribution in [0.5, 0.6) is 0 Å². The van der Waals surface area contributed by atoms with Crippen LogP contribution in [0.15, 0.2) is 0 Å². The Morgan fingerprint density at radius 1 is 1.40 bits per heavy atom. The van der Waals surface area contributed by atoms with Crippen molar-refractivity contribution in [2.24, 2.45) is 0 Å². The first kappa shape index (κ1) is 10.4. The fourth-order valence-corrected chi connectivity index (χ4v) is 1.07. The summed E-state index contributed by atoms with van der Waals surface area (Å²) in [6.45, 7) is 4.26. The molecule has 0 saturated carbocycles. The minimum Gasteiger partial charge on any atom is -0.367 e. The maximum atomic E-state index is 5.20. The maximum Gasteiger partial charge on any atom is 0.119 e. The lowest BCUT2D eigenvalue weighted by Crippen LogP contribution is -2.17. The van der Waals surface area contributed by atoms with E-state index in [9.17, 15) is 0 Å². The second-order valence-corrected chi connectivity index (χ2v) is 4.44. The predicted octanol–water partition coefficient (Wildman–Crippen LogP) is 3.32. The van der Waals surface area contributed by atoms with Crippen molar-refractivity contribution in [3.05, 3.63) is 0 Å². The van der Waals surface area contributed by atoms with Gasteiger partial charge in [0.25, 0.3) is 0 Å². The van der Waals surface area contributed by atoms with E-state index in [2.05, 4.69) is 29.8 Å². The summed E-state index contributed by atoms with van der Waals surface area (Å²) >= 11 is 3.49. The van der Waals surface area contributed by atoms with Gasteiger partial charge in [-0.25, -0.2) is 0 Å². The van der Waals surface area contributed by atoms with Crippen molar-refractivity contribution in [3.8, 4) is 0 Å². The van der Waals surface area contributed by atoms with Crippen molar-refractivity contribution in [1.82, 2.24) is 0 Å². The van der Waals surface area contributed by atoms with Gasteiger partial charge in [0.1, 0.15) is 4.51 Å². The molecule has 0 aliphatic heterocycles. The van der Waals surface area contributed by atoms with Crippen molar-refractivity contribution in [2.45, 2.75) is 44.0 Å². The smallest absolute Gasteiger partial charge is 0.119 e. The molecular formula is C8H17BrO. The van der Waals surface area contributed by atoms with E-state index >= 15 is 0 Å². The van der Waals surface area contributed by atoms with Crippen molar-refractivity contribution >= 4 is 15.9 Å². The van der Waals surface area contributed by atoms with E-state index in [1.165, 1.54) is 19.3 Å². The Morgan fingerprint density at radius 3 is 2.40 bits per heavy atom. The van der Waals surface area contributed by atoms with Crippen molar-refractivity contribution in [2.75, 3.05) is 7.11 Å². The van der Waals surface area contributed by atoms with Gasteiger partial charge in [-0.3, -0.25) is 0 Å². The van der Waals surface area contributed by atoms with Gasteiger partial charge in [0.2, 0.25) is 0 Å². The molecule has 0 saturated heterocycles. The van der Waals surface area contributed by atoms with Gasteiger partial charge in [0.15, 0.2) is 0 Å². The van der Waals surface area contributed by atoms with Crippen LogP contribution in [0.1, 0.15) is 39.5 Å². The molecule has 2 heteroatoms. The number of alkyl halides is 1. The van der Waals surface area contributed by atoms with Crippen LogP contribution in [0, 0.1) is 0 Å².